The SMILES string of the molecule is CCCc1cc(Br)c(Nc2nc(Nc3ccc(C#N)cc3)ncc2S(C)(=O)=O)c(Br)c1. The molecule has 0 saturated heterocycles. The average molecular weight is 565 g/mol. The quantitative estimate of drug-likeness (QED) is 0.378. The lowest BCUT2D eigenvalue weighted by atomic mass is 10.1. The third-order valence-electron chi connectivity index (χ3n) is 4.31. The molecule has 0 unspecified atom stereocenters. The zero-order chi connectivity index (χ0) is 22.6. The van der Waals surface area contributed by atoms with Crippen molar-refractivity contribution in [2.75, 3.05) is 16.9 Å². The number of sulfone groups is 1. The summed E-state index contributed by atoms with van der Waals surface area (Å²) in [6.07, 6.45) is 4.32. The Morgan fingerprint density at radius 1 is 1.10 bits per heavy atom. The number of benzene rings is 2. The predicted octanol–water partition coefficient (Wildman–Crippen LogP) is 5.72. The lowest BCUT2D eigenvalue weighted by Gasteiger charge is -2.15. The number of nitrogens with zero attached hydrogens (tertiary/aromatic N) is 3. The van der Waals surface area contributed by atoms with Gasteiger partial charge in [-0.25, -0.2) is 13.4 Å². The average Bonchev–Trinajstić information content (AvgIpc) is 2.71. The number of nitrogens with one attached hydrogen (secondary N) is 2. The first-order chi connectivity index (χ1) is 14.7. The van der Waals surface area contributed by atoms with Gasteiger partial charge in [0, 0.05) is 20.9 Å². The number of nitriles is 1. The van der Waals surface area contributed by atoms with Gasteiger partial charge in [-0.3, -0.25) is 0 Å². The fraction of sp³-hybridized carbons (Fsp3) is 0.190. The predicted molar refractivity (Wildman–Crippen MR) is 129 cm³/mol. The van der Waals surface area contributed by atoms with Crippen molar-refractivity contribution in [3.8, 4) is 6.07 Å². The normalized spacial score (nSPS) is 11.1. The van der Waals surface area contributed by atoms with Crippen molar-refractivity contribution in [3.05, 3.63) is 62.7 Å². The smallest absolute Gasteiger partial charge is 0.229 e. The van der Waals surface area contributed by atoms with Crippen LogP contribution >= 0.6 is 31.9 Å². The molecule has 2 N–H and O–H groups in total. The number of anilines is 4. The lowest BCUT2D eigenvalue weighted by molar-refractivity contribution is 0.601. The summed E-state index contributed by atoms with van der Waals surface area (Å²) in [4.78, 5) is 8.51. The van der Waals surface area contributed by atoms with Crippen LogP contribution in [0.5, 0.6) is 0 Å². The van der Waals surface area contributed by atoms with E-state index >= 15 is 0 Å². The fourth-order valence-corrected chi connectivity index (χ4v) is 5.02. The second-order valence-corrected chi connectivity index (χ2v) is 10.5. The van der Waals surface area contributed by atoms with Gasteiger partial charge >= 0.3 is 0 Å². The molecule has 1 heterocycles. The van der Waals surface area contributed by atoms with Gasteiger partial charge in [0.05, 0.1) is 23.5 Å². The summed E-state index contributed by atoms with van der Waals surface area (Å²) < 4.78 is 26.2. The lowest BCUT2D eigenvalue weighted by Crippen LogP contribution is -2.09. The first kappa shape index (κ1) is 23.2. The van der Waals surface area contributed by atoms with E-state index in [4.69, 9.17) is 5.26 Å². The largest absolute Gasteiger partial charge is 0.337 e. The van der Waals surface area contributed by atoms with E-state index in [1.807, 2.05) is 12.1 Å². The molecule has 0 saturated carbocycles. The third-order valence-corrected chi connectivity index (χ3v) is 6.66. The van der Waals surface area contributed by atoms with E-state index in [1.54, 1.807) is 24.3 Å². The van der Waals surface area contributed by atoms with Gasteiger partial charge in [0.15, 0.2) is 15.7 Å². The van der Waals surface area contributed by atoms with Crippen LogP contribution in [0.15, 0.2) is 56.4 Å². The molecule has 1 aromatic heterocycles. The van der Waals surface area contributed by atoms with Crippen LogP contribution in [0.2, 0.25) is 0 Å². The summed E-state index contributed by atoms with van der Waals surface area (Å²) in [6.45, 7) is 2.11. The van der Waals surface area contributed by atoms with Crippen LogP contribution in [-0.2, 0) is 16.3 Å². The van der Waals surface area contributed by atoms with Crippen LogP contribution in [0.1, 0.15) is 24.5 Å². The Kier molecular flexibility index (Phi) is 7.30. The maximum absolute atomic E-state index is 12.3. The molecule has 0 radical (unpaired) electrons. The van der Waals surface area contributed by atoms with E-state index in [0.717, 1.165) is 33.6 Å². The van der Waals surface area contributed by atoms with E-state index in [1.165, 1.54) is 6.20 Å². The standard InChI is InChI=1S/C21H19Br2N5O2S/c1-3-4-14-9-16(22)19(17(23)10-14)27-20-18(31(2,29)30)12-25-21(28-20)26-15-7-5-13(11-24)6-8-15/h5-10,12H,3-4H2,1-2H3,(H2,25,26,27,28). The molecule has 0 atom stereocenters. The van der Waals surface area contributed by atoms with E-state index in [2.05, 4.69) is 65.5 Å². The van der Waals surface area contributed by atoms with Gasteiger partial charge in [-0.15, -0.1) is 0 Å². The van der Waals surface area contributed by atoms with E-state index < -0.39 is 9.84 Å². The van der Waals surface area contributed by atoms with E-state index in [-0.39, 0.29) is 16.7 Å². The van der Waals surface area contributed by atoms with Gasteiger partial charge in [0.2, 0.25) is 5.95 Å². The van der Waals surface area contributed by atoms with Gasteiger partial charge in [-0.05, 0) is 80.2 Å². The topological polar surface area (TPSA) is 108 Å². The Labute approximate surface area is 198 Å². The molecule has 2 aromatic carbocycles. The van der Waals surface area contributed by atoms with Crippen molar-refractivity contribution >= 4 is 64.8 Å². The van der Waals surface area contributed by atoms with E-state index in [0.29, 0.717) is 16.9 Å². The van der Waals surface area contributed by atoms with Crippen LogP contribution in [0.4, 0.5) is 23.1 Å². The number of rotatable bonds is 7. The Morgan fingerprint density at radius 3 is 2.29 bits per heavy atom. The Hall–Kier alpha value is -2.48. The fourth-order valence-electron chi connectivity index (χ4n) is 2.85. The molecule has 0 fully saturated rings. The molecular formula is C21H19Br2N5O2S. The second kappa shape index (κ2) is 9.77. The van der Waals surface area contributed by atoms with Crippen molar-refractivity contribution in [2.45, 2.75) is 24.7 Å². The summed E-state index contributed by atoms with van der Waals surface area (Å²) in [5.74, 6) is 0.368. The highest BCUT2D eigenvalue weighted by molar-refractivity contribution is 9.11. The maximum Gasteiger partial charge on any atom is 0.229 e. The van der Waals surface area contributed by atoms with Crippen LogP contribution in [0, 0.1) is 11.3 Å². The number of hydrogen-bond acceptors (Lipinski definition) is 7. The van der Waals surface area contributed by atoms with Crippen LogP contribution in [0.25, 0.3) is 0 Å². The summed E-state index contributed by atoms with van der Waals surface area (Å²) in [5.41, 5.74) is 3.01. The second-order valence-electron chi connectivity index (χ2n) is 6.80. The molecule has 3 rings (SSSR count). The minimum atomic E-state index is -3.58. The molecule has 3 aromatic rings. The first-order valence-corrected chi connectivity index (χ1v) is 12.8. The molecule has 0 spiro atoms. The summed E-state index contributed by atoms with van der Waals surface area (Å²) in [7, 11) is -3.58. The minimum Gasteiger partial charge on any atom is -0.337 e. The summed E-state index contributed by atoms with van der Waals surface area (Å²) in [6, 6.07) is 12.8. The summed E-state index contributed by atoms with van der Waals surface area (Å²) >= 11 is 7.12. The van der Waals surface area contributed by atoms with Gasteiger partial charge in [0.25, 0.3) is 0 Å². The maximum atomic E-state index is 12.3. The molecule has 0 amide bonds. The number of halogens is 2. The van der Waals surface area contributed by atoms with Crippen LogP contribution in [0.3, 0.4) is 0 Å². The molecule has 0 bridgehead atoms. The molecule has 0 aliphatic carbocycles. The molecule has 7 nitrogen and oxygen atoms in total. The Bertz CT molecular complexity index is 1230. The van der Waals surface area contributed by atoms with Crippen molar-refractivity contribution in [2.24, 2.45) is 0 Å². The summed E-state index contributed by atoms with van der Waals surface area (Å²) in [5, 5.41) is 15.1. The first-order valence-electron chi connectivity index (χ1n) is 9.30. The van der Waals surface area contributed by atoms with E-state index in [9.17, 15) is 8.42 Å². The van der Waals surface area contributed by atoms with Crippen molar-refractivity contribution < 1.29 is 8.42 Å². The molecule has 10 heteroatoms. The Morgan fingerprint density at radius 2 is 1.74 bits per heavy atom. The third kappa shape index (κ3) is 5.81. The van der Waals surface area contributed by atoms with Crippen molar-refractivity contribution in [3.63, 3.8) is 0 Å². The zero-order valence-corrected chi connectivity index (χ0v) is 20.8. The highest BCUT2D eigenvalue weighted by Gasteiger charge is 2.19. The van der Waals surface area contributed by atoms with Crippen molar-refractivity contribution in [1.29, 1.82) is 5.26 Å². The van der Waals surface area contributed by atoms with Crippen LogP contribution < -0.4 is 10.6 Å². The van der Waals surface area contributed by atoms with Gasteiger partial charge in [-0.2, -0.15) is 10.2 Å². The molecule has 0 aliphatic rings. The highest BCUT2D eigenvalue weighted by Crippen LogP contribution is 2.36. The van der Waals surface area contributed by atoms with Crippen LogP contribution in [-0.4, -0.2) is 24.6 Å². The monoisotopic (exact) mass is 563 g/mol. The number of aryl methyl sites for hydroxylation is 1. The molecule has 160 valence electrons. The van der Waals surface area contributed by atoms with Crippen molar-refractivity contribution in [1.82, 2.24) is 9.97 Å². The number of aromatic nitrogens is 2. The molecule has 0 aliphatic heterocycles. The molecule has 31 heavy (non-hydrogen) atoms. The van der Waals surface area contributed by atoms with Gasteiger partial charge in [0.1, 0.15) is 4.90 Å². The molecular weight excluding hydrogens is 546 g/mol. The number of hydrogen-bond donors (Lipinski definition) is 2. The Balaban J connectivity index is 1.99. The van der Waals surface area contributed by atoms with Gasteiger partial charge in [-0.1, -0.05) is 13.3 Å². The highest BCUT2D eigenvalue weighted by atomic mass is 79.9. The zero-order valence-electron chi connectivity index (χ0n) is 16.8. The van der Waals surface area contributed by atoms with Gasteiger partial charge < -0.3 is 10.6 Å². The minimum absolute atomic E-state index is 0.0192.